The van der Waals surface area contributed by atoms with Gasteiger partial charge >= 0.3 is 5.97 Å². The van der Waals surface area contributed by atoms with Crippen LogP contribution in [0.3, 0.4) is 0 Å². The number of aromatic nitrogens is 1. The van der Waals surface area contributed by atoms with Crippen molar-refractivity contribution in [3.8, 4) is 5.88 Å². The number of pyridine rings is 1. The molecule has 0 amide bonds. The van der Waals surface area contributed by atoms with Gasteiger partial charge in [0.25, 0.3) is 6.43 Å². The van der Waals surface area contributed by atoms with Crippen LogP contribution in [0, 0.1) is 0 Å². The van der Waals surface area contributed by atoms with Gasteiger partial charge in [0.15, 0.2) is 0 Å². The molecule has 0 N–H and O–H groups in total. The Labute approximate surface area is 114 Å². The molecule has 0 atom stereocenters. The van der Waals surface area contributed by atoms with E-state index < -0.39 is 18.1 Å². The third-order valence-corrected chi connectivity index (χ3v) is 2.70. The molecule has 1 aromatic heterocycles. The van der Waals surface area contributed by atoms with Crippen molar-refractivity contribution in [2.75, 3.05) is 13.7 Å². The van der Waals surface area contributed by atoms with E-state index in [1.807, 2.05) is 0 Å². The molecule has 0 aliphatic carbocycles. The third-order valence-electron chi connectivity index (χ3n) is 2.41. The van der Waals surface area contributed by atoms with Gasteiger partial charge in [-0.15, -0.1) is 11.6 Å². The molecule has 0 spiro atoms. The molecule has 19 heavy (non-hydrogen) atoms. The van der Waals surface area contributed by atoms with Crippen molar-refractivity contribution in [2.24, 2.45) is 0 Å². The lowest BCUT2D eigenvalue weighted by atomic mass is 10.0. The van der Waals surface area contributed by atoms with E-state index in [4.69, 9.17) is 21.1 Å². The van der Waals surface area contributed by atoms with Gasteiger partial charge in [-0.2, -0.15) is 0 Å². The van der Waals surface area contributed by atoms with Crippen molar-refractivity contribution < 1.29 is 23.0 Å². The van der Waals surface area contributed by atoms with Gasteiger partial charge in [-0.3, -0.25) is 4.79 Å². The van der Waals surface area contributed by atoms with Crippen molar-refractivity contribution in [3.63, 3.8) is 0 Å². The van der Waals surface area contributed by atoms with Crippen LogP contribution in [0.2, 0.25) is 0 Å². The summed E-state index contributed by atoms with van der Waals surface area (Å²) in [7, 11) is 1.32. The number of halogens is 3. The molecule has 1 aromatic rings. The van der Waals surface area contributed by atoms with Crippen LogP contribution in [0.1, 0.15) is 30.2 Å². The maximum atomic E-state index is 13.0. The summed E-state index contributed by atoms with van der Waals surface area (Å²) in [6.07, 6.45) is -3.10. The molecule has 1 rings (SSSR count). The number of rotatable bonds is 6. The van der Waals surface area contributed by atoms with Crippen LogP contribution in [0.4, 0.5) is 8.78 Å². The number of methoxy groups -OCH3 is 1. The second-order valence-corrected chi connectivity index (χ2v) is 3.87. The largest absolute Gasteiger partial charge is 0.481 e. The van der Waals surface area contributed by atoms with Gasteiger partial charge in [0, 0.05) is 11.9 Å². The summed E-state index contributed by atoms with van der Waals surface area (Å²) in [4.78, 5) is 15.1. The number of ether oxygens (including phenoxy) is 2. The van der Waals surface area contributed by atoms with Crippen LogP contribution < -0.4 is 4.74 Å². The van der Waals surface area contributed by atoms with Crippen LogP contribution in [-0.2, 0) is 21.8 Å². The number of carbonyl (C=O) groups excluding carboxylic acids is 1. The lowest BCUT2D eigenvalue weighted by molar-refractivity contribution is -0.142. The molecular formula is C12H14ClF2NO3. The third kappa shape index (κ3) is 4.02. The van der Waals surface area contributed by atoms with E-state index in [0.29, 0.717) is 5.56 Å². The maximum absolute atomic E-state index is 13.0. The summed E-state index contributed by atoms with van der Waals surface area (Å²) in [5, 5.41) is 0. The Bertz CT molecular complexity index is 455. The molecule has 1 heterocycles. The second-order valence-electron chi connectivity index (χ2n) is 3.60. The van der Waals surface area contributed by atoms with Gasteiger partial charge in [-0.1, -0.05) is 0 Å². The first kappa shape index (κ1) is 15.6. The molecule has 0 saturated carbocycles. The lowest BCUT2D eigenvalue weighted by Gasteiger charge is -2.13. The SMILES string of the molecule is CCOC(=O)Cc1c(CCl)cc(OC)nc1C(F)F. The summed E-state index contributed by atoms with van der Waals surface area (Å²) in [6, 6.07) is 1.44. The highest BCUT2D eigenvalue weighted by Crippen LogP contribution is 2.28. The first-order valence-corrected chi connectivity index (χ1v) is 6.13. The molecular weight excluding hydrogens is 280 g/mol. The molecule has 0 radical (unpaired) electrons. The average Bonchev–Trinajstić information content (AvgIpc) is 2.38. The van der Waals surface area contributed by atoms with Gasteiger partial charge in [0.1, 0.15) is 5.69 Å². The first-order chi connectivity index (χ1) is 9.03. The smallest absolute Gasteiger partial charge is 0.310 e. The summed E-state index contributed by atoms with van der Waals surface area (Å²) < 4.78 is 35.6. The molecule has 0 fully saturated rings. The fourth-order valence-electron chi connectivity index (χ4n) is 1.58. The highest BCUT2D eigenvalue weighted by atomic mass is 35.5. The zero-order chi connectivity index (χ0) is 14.4. The summed E-state index contributed by atoms with van der Waals surface area (Å²) in [6.45, 7) is 1.82. The van der Waals surface area contributed by atoms with Gasteiger partial charge in [0.05, 0.1) is 20.1 Å². The van der Waals surface area contributed by atoms with Gasteiger partial charge in [-0.05, 0) is 18.1 Å². The molecule has 4 nitrogen and oxygen atoms in total. The van der Waals surface area contributed by atoms with Crippen LogP contribution in [0.15, 0.2) is 6.07 Å². The minimum absolute atomic E-state index is 0.0205. The van der Waals surface area contributed by atoms with Crippen molar-refractivity contribution in [3.05, 3.63) is 22.9 Å². The Morgan fingerprint density at radius 1 is 1.53 bits per heavy atom. The minimum Gasteiger partial charge on any atom is -0.481 e. The molecule has 0 unspecified atom stereocenters. The van der Waals surface area contributed by atoms with E-state index >= 15 is 0 Å². The van der Waals surface area contributed by atoms with E-state index in [9.17, 15) is 13.6 Å². The number of hydrogen-bond acceptors (Lipinski definition) is 4. The molecule has 0 aliphatic heterocycles. The summed E-state index contributed by atoms with van der Waals surface area (Å²) in [5.41, 5.74) is -0.0100. The molecule has 0 aromatic carbocycles. The minimum atomic E-state index is -2.82. The Morgan fingerprint density at radius 2 is 2.21 bits per heavy atom. The van der Waals surface area contributed by atoms with Crippen molar-refractivity contribution in [1.82, 2.24) is 4.98 Å². The second kappa shape index (κ2) is 7.23. The van der Waals surface area contributed by atoms with Crippen molar-refractivity contribution in [1.29, 1.82) is 0 Å². The molecule has 0 bridgehead atoms. The predicted octanol–water partition coefficient (Wildman–Crippen LogP) is 2.87. The number of carbonyl (C=O) groups is 1. The Kier molecular flexibility index (Phi) is 5.95. The molecule has 106 valence electrons. The summed E-state index contributed by atoms with van der Waals surface area (Å²) >= 11 is 5.72. The highest BCUT2D eigenvalue weighted by Gasteiger charge is 2.22. The van der Waals surface area contributed by atoms with E-state index in [0.717, 1.165) is 0 Å². The highest BCUT2D eigenvalue weighted by molar-refractivity contribution is 6.17. The zero-order valence-electron chi connectivity index (χ0n) is 10.6. The first-order valence-electron chi connectivity index (χ1n) is 5.59. The standard InChI is InChI=1S/C12H14ClF2NO3/c1-3-19-10(17)5-8-7(6-13)4-9(18-2)16-11(8)12(14)15/h4,12H,3,5-6H2,1-2H3. The predicted molar refractivity (Wildman–Crippen MR) is 65.6 cm³/mol. The molecule has 0 saturated heterocycles. The van der Waals surface area contributed by atoms with E-state index in [1.54, 1.807) is 6.92 Å². The maximum Gasteiger partial charge on any atom is 0.310 e. The number of nitrogens with zero attached hydrogens (tertiary/aromatic N) is 1. The average molecular weight is 294 g/mol. The van der Waals surface area contributed by atoms with Crippen LogP contribution in [0.25, 0.3) is 0 Å². The Morgan fingerprint density at radius 3 is 2.68 bits per heavy atom. The topological polar surface area (TPSA) is 48.4 Å². The van der Waals surface area contributed by atoms with Crippen molar-refractivity contribution >= 4 is 17.6 Å². The van der Waals surface area contributed by atoms with Gasteiger partial charge in [0.2, 0.25) is 5.88 Å². The fourth-order valence-corrected chi connectivity index (χ4v) is 1.82. The van der Waals surface area contributed by atoms with E-state index in [-0.39, 0.29) is 30.4 Å². The lowest BCUT2D eigenvalue weighted by Crippen LogP contribution is -2.13. The quantitative estimate of drug-likeness (QED) is 0.598. The van der Waals surface area contributed by atoms with Crippen molar-refractivity contribution in [2.45, 2.75) is 25.7 Å². The van der Waals surface area contributed by atoms with Crippen LogP contribution in [-0.4, -0.2) is 24.7 Å². The Hall–Kier alpha value is -1.43. The number of hydrogen-bond donors (Lipinski definition) is 0. The van der Waals surface area contributed by atoms with Crippen LogP contribution >= 0.6 is 11.6 Å². The number of alkyl halides is 3. The van der Waals surface area contributed by atoms with Gasteiger partial charge in [-0.25, -0.2) is 13.8 Å². The number of esters is 1. The monoisotopic (exact) mass is 293 g/mol. The van der Waals surface area contributed by atoms with E-state index in [1.165, 1.54) is 13.2 Å². The summed E-state index contributed by atoms with van der Waals surface area (Å²) in [5.74, 6) is -0.575. The normalized spacial score (nSPS) is 10.6. The molecule has 0 aliphatic rings. The van der Waals surface area contributed by atoms with E-state index in [2.05, 4.69) is 4.98 Å². The van der Waals surface area contributed by atoms with Gasteiger partial charge < -0.3 is 9.47 Å². The molecule has 7 heteroatoms. The zero-order valence-corrected chi connectivity index (χ0v) is 11.3. The Balaban J connectivity index is 3.21. The fraction of sp³-hybridized carbons (Fsp3) is 0.500. The van der Waals surface area contributed by atoms with Crippen LogP contribution in [0.5, 0.6) is 5.88 Å².